The van der Waals surface area contributed by atoms with E-state index in [9.17, 15) is 4.79 Å². The van der Waals surface area contributed by atoms with Gasteiger partial charge < -0.3 is 15.5 Å². The van der Waals surface area contributed by atoms with Crippen molar-refractivity contribution in [1.29, 1.82) is 0 Å². The second-order valence-electron chi connectivity index (χ2n) is 6.10. The first-order chi connectivity index (χ1) is 12.5. The maximum absolute atomic E-state index is 12.5. The van der Waals surface area contributed by atoms with Gasteiger partial charge in [0, 0.05) is 37.4 Å². The number of rotatable bonds is 5. The van der Waals surface area contributed by atoms with Crippen molar-refractivity contribution in [3.63, 3.8) is 0 Å². The first kappa shape index (κ1) is 17.4. The van der Waals surface area contributed by atoms with Gasteiger partial charge in [-0.15, -0.1) is 0 Å². The number of nitrogens with zero attached hydrogens (tertiary/aromatic N) is 3. The van der Waals surface area contributed by atoms with E-state index in [2.05, 4.69) is 20.6 Å². The molecule has 2 aromatic carbocycles. The molecule has 0 unspecified atom stereocenters. The molecule has 6 heteroatoms. The fourth-order valence-corrected chi connectivity index (χ4v) is 2.42. The van der Waals surface area contributed by atoms with Crippen LogP contribution in [0.3, 0.4) is 0 Å². The summed E-state index contributed by atoms with van der Waals surface area (Å²) in [5, 5.41) is 5.99. The Bertz CT molecular complexity index is 906. The molecule has 26 heavy (non-hydrogen) atoms. The van der Waals surface area contributed by atoms with Crippen LogP contribution in [0.4, 0.5) is 23.0 Å². The zero-order chi connectivity index (χ0) is 18.5. The molecule has 0 bridgehead atoms. The lowest BCUT2D eigenvalue weighted by molar-refractivity contribution is 0.102. The Morgan fingerprint density at radius 3 is 2.42 bits per heavy atom. The van der Waals surface area contributed by atoms with Crippen LogP contribution in [0.25, 0.3) is 0 Å². The summed E-state index contributed by atoms with van der Waals surface area (Å²) in [5.74, 6) is 0.104. The maximum Gasteiger partial charge on any atom is 0.274 e. The summed E-state index contributed by atoms with van der Waals surface area (Å²) in [6.07, 6.45) is 1.57. The first-order valence-corrected chi connectivity index (χ1v) is 8.27. The fourth-order valence-electron chi connectivity index (χ4n) is 2.42. The van der Waals surface area contributed by atoms with Crippen molar-refractivity contribution in [2.75, 3.05) is 29.6 Å². The number of carbonyl (C=O) groups is 1. The van der Waals surface area contributed by atoms with Crippen molar-refractivity contribution in [2.45, 2.75) is 6.92 Å². The van der Waals surface area contributed by atoms with E-state index in [0.717, 1.165) is 16.9 Å². The number of hydrogen-bond donors (Lipinski definition) is 2. The third kappa shape index (κ3) is 4.16. The zero-order valence-electron chi connectivity index (χ0n) is 15.0. The van der Waals surface area contributed by atoms with E-state index >= 15 is 0 Å². The van der Waals surface area contributed by atoms with Gasteiger partial charge in [0.15, 0.2) is 0 Å². The number of carbonyl (C=O) groups excluding carboxylic acids is 1. The Morgan fingerprint density at radius 2 is 1.73 bits per heavy atom. The highest BCUT2D eigenvalue weighted by atomic mass is 16.1. The highest BCUT2D eigenvalue weighted by Gasteiger charge is 2.10. The number of benzene rings is 2. The summed E-state index contributed by atoms with van der Waals surface area (Å²) in [4.78, 5) is 23.0. The fraction of sp³-hybridized carbons (Fsp3) is 0.150. The quantitative estimate of drug-likeness (QED) is 0.734. The molecule has 1 aromatic heterocycles. The largest absolute Gasteiger partial charge is 0.378 e. The second-order valence-corrected chi connectivity index (χ2v) is 6.10. The number of para-hydroxylation sites is 1. The first-order valence-electron chi connectivity index (χ1n) is 8.27. The SMILES string of the molecule is Cc1ccccc1Nc1nccc(C(=O)Nc2ccc(N(C)C)cc2)n1. The van der Waals surface area contributed by atoms with Crippen LogP contribution in [0.2, 0.25) is 0 Å². The monoisotopic (exact) mass is 347 g/mol. The molecule has 0 saturated heterocycles. The molecule has 3 aromatic rings. The summed E-state index contributed by atoms with van der Waals surface area (Å²) in [7, 11) is 3.94. The highest BCUT2D eigenvalue weighted by Crippen LogP contribution is 2.18. The molecule has 0 spiro atoms. The van der Waals surface area contributed by atoms with Gasteiger partial charge in [-0.3, -0.25) is 4.79 Å². The van der Waals surface area contributed by atoms with Crippen molar-refractivity contribution in [3.8, 4) is 0 Å². The zero-order valence-corrected chi connectivity index (χ0v) is 15.0. The molecular weight excluding hydrogens is 326 g/mol. The van der Waals surface area contributed by atoms with Crippen LogP contribution < -0.4 is 15.5 Å². The molecule has 0 fully saturated rings. The van der Waals surface area contributed by atoms with Crippen molar-refractivity contribution in [3.05, 3.63) is 72.1 Å². The van der Waals surface area contributed by atoms with Gasteiger partial charge in [0.1, 0.15) is 5.69 Å². The van der Waals surface area contributed by atoms with E-state index in [0.29, 0.717) is 17.3 Å². The third-order valence-electron chi connectivity index (χ3n) is 3.92. The number of aromatic nitrogens is 2. The molecule has 0 atom stereocenters. The van der Waals surface area contributed by atoms with Crippen molar-refractivity contribution < 1.29 is 4.79 Å². The van der Waals surface area contributed by atoms with Gasteiger partial charge in [-0.1, -0.05) is 18.2 Å². The summed E-state index contributed by atoms with van der Waals surface area (Å²) < 4.78 is 0. The van der Waals surface area contributed by atoms with E-state index in [1.807, 2.05) is 74.4 Å². The minimum absolute atomic E-state index is 0.280. The lowest BCUT2D eigenvalue weighted by Gasteiger charge is -2.13. The van der Waals surface area contributed by atoms with Crippen molar-refractivity contribution >= 4 is 28.9 Å². The average molecular weight is 347 g/mol. The van der Waals surface area contributed by atoms with Gasteiger partial charge in [-0.05, 0) is 48.9 Å². The molecule has 2 N–H and O–H groups in total. The van der Waals surface area contributed by atoms with Crippen LogP contribution in [0.1, 0.15) is 16.1 Å². The van der Waals surface area contributed by atoms with Crippen LogP contribution in [0.5, 0.6) is 0 Å². The molecule has 0 aliphatic rings. The van der Waals surface area contributed by atoms with E-state index < -0.39 is 0 Å². The van der Waals surface area contributed by atoms with Crippen LogP contribution >= 0.6 is 0 Å². The maximum atomic E-state index is 12.5. The highest BCUT2D eigenvalue weighted by molar-refractivity contribution is 6.03. The van der Waals surface area contributed by atoms with Gasteiger partial charge in [0.25, 0.3) is 5.91 Å². The van der Waals surface area contributed by atoms with Crippen LogP contribution in [-0.2, 0) is 0 Å². The smallest absolute Gasteiger partial charge is 0.274 e. The van der Waals surface area contributed by atoms with Crippen LogP contribution in [0.15, 0.2) is 60.8 Å². The van der Waals surface area contributed by atoms with E-state index in [1.165, 1.54) is 0 Å². The molecule has 0 aliphatic carbocycles. The second kappa shape index (κ2) is 7.65. The molecule has 1 heterocycles. The van der Waals surface area contributed by atoms with Gasteiger partial charge >= 0.3 is 0 Å². The van der Waals surface area contributed by atoms with E-state index in [1.54, 1.807) is 12.3 Å². The summed E-state index contributed by atoms with van der Waals surface area (Å²) in [6.45, 7) is 2.00. The van der Waals surface area contributed by atoms with Crippen molar-refractivity contribution in [2.24, 2.45) is 0 Å². The average Bonchev–Trinajstić information content (AvgIpc) is 2.64. The number of anilines is 4. The third-order valence-corrected chi connectivity index (χ3v) is 3.92. The molecule has 3 rings (SSSR count). The van der Waals surface area contributed by atoms with Crippen LogP contribution in [-0.4, -0.2) is 30.0 Å². The number of amides is 1. The van der Waals surface area contributed by atoms with Gasteiger partial charge in [-0.2, -0.15) is 0 Å². The van der Waals surface area contributed by atoms with E-state index in [-0.39, 0.29) is 5.91 Å². The summed E-state index contributed by atoms with van der Waals surface area (Å²) in [6, 6.07) is 17.0. The van der Waals surface area contributed by atoms with Gasteiger partial charge in [0.2, 0.25) is 5.95 Å². The normalized spacial score (nSPS) is 10.3. The Hall–Kier alpha value is -3.41. The standard InChI is InChI=1S/C20H21N5O/c1-14-6-4-5-7-17(14)23-20-21-13-12-18(24-20)19(26)22-15-8-10-16(11-9-15)25(2)3/h4-13H,1-3H3,(H,22,26)(H,21,23,24). The lowest BCUT2D eigenvalue weighted by atomic mass is 10.2. The van der Waals surface area contributed by atoms with Crippen molar-refractivity contribution in [1.82, 2.24) is 9.97 Å². The number of nitrogens with one attached hydrogen (secondary N) is 2. The molecule has 0 aliphatic heterocycles. The predicted octanol–water partition coefficient (Wildman–Crippen LogP) is 3.85. The predicted molar refractivity (Wildman–Crippen MR) is 105 cm³/mol. The number of aryl methyl sites for hydroxylation is 1. The molecule has 1 amide bonds. The summed E-state index contributed by atoms with van der Waals surface area (Å²) in [5.41, 5.74) is 4.06. The molecule has 132 valence electrons. The molecule has 0 radical (unpaired) electrons. The van der Waals surface area contributed by atoms with Crippen LogP contribution in [0, 0.1) is 6.92 Å². The summed E-state index contributed by atoms with van der Waals surface area (Å²) >= 11 is 0. The minimum Gasteiger partial charge on any atom is -0.378 e. The molecule has 6 nitrogen and oxygen atoms in total. The Kier molecular flexibility index (Phi) is 5.12. The Labute approximate surface area is 152 Å². The Morgan fingerprint density at radius 1 is 1.00 bits per heavy atom. The minimum atomic E-state index is -0.280. The van der Waals surface area contributed by atoms with Gasteiger partial charge in [-0.25, -0.2) is 9.97 Å². The van der Waals surface area contributed by atoms with E-state index in [4.69, 9.17) is 0 Å². The number of hydrogen-bond acceptors (Lipinski definition) is 5. The Balaban J connectivity index is 1.73. The van der Waals surface area contributed by atoms with Gasteiger partial charge in [0.05, 0.1) is 0 Å². The molecular formula is C20H21N5O. The topological polar surface area (TPSA) is 70.2 Å². The lowest BCUT2D eigenvalue weighted by Crippen LogP contribution is -2.15. The molecule has 0 saturated carbocycles.